The lowest BCUT2D eigenvalue weighted by Gasteiger charge is -2.50. The Bertz CT molecular complexity index is 2510. The minimum atomic E-state index is -4.79. The van der Waals surface area contributed by atoms with Crippen LogP contribution >= 0.6 is 39.1 Å². The van der Waals surface area contributed by atoms with E-state index in [1.165, 1.54) is 43.5 Å². The summed E-state index contributed by atoms with van der Waals surface area (Å²) in [5, 5.41) is 22.9. The predicted molar refractivity (Wildman–Crippen MR) is 205 cm³/mol. The third-order valence-corrected chi connectivity index (χ3v) is 12.6. The van der Waals surface area contributed by atoms with Gasteiger partial charge < -0.3 is 9.84 Å². The van der Waals surface area contributed by atoms with E-state index in [4.69, 9.17) is 27.9 Å². The van der Waals surface area contributed by atoms with Gasteiger partial charge in [0.05, 0.1) is 55.9 Å². The number of allylic oxidation sites excluding steroid dienone is 2. The van der Waals surface area contributed by atoms with Gasteiger partial charge in [0.2, 0.25) is 11.8 Å². The zero-order valence-electron chi connectivity index (χ0n) is 29.7. The van der Waals surface area contributed by atoms with Gasteiger partial charge in [-0.1, -0.05) is 53.1 Å². The molecule has 2 N–H and O–H groups in total. The molecule has 3 aromatic carbocycles. The van der Waals surface area contributed by atoms with Crippen molar-refractivity contribution >= 4 is 80.0 Å². The van der Waals surface area contributed by atoms with Crippen molar-refractivity contribution in [3.63, 3.8) is 0 Å². The normalized spacial score (nSPS) is 25.3. The van der Waals surface area contributed by atoms with Crippen molar-refractivity contribution in [1.29, 1.82) is 0 Å². The molecule has 2 aliphatic heterocycles. The van der Waals surface area contributed by atoms with Crippen molar-refractivity contribution in [3.8, 4) is 11.5 Å². The Morgan fingerprint density at radius 3 is 2.40 bits per heavy atom. The molecule has 0 spiro atoms. The fourth-order valence-corrected chi connectivity index (χ4v) is 9.87. The van der Waals surface area contributed by atoms with E-state index in [0.717, 1.165) is 11.0 Å². The van der Waals surface area contributed by atoms with Crippen LogP contribution in [0, 0.1) is 33.8 Å². The number of fused-ring (bicyclic) bond motifs is 4. The number of nitro benzene ring substituents is 1. The molecular weight excluding hydrogens is 874 g/mol. The maximum Gasteiger partial charge on any atom is 0.417 e. The highest BCUT2D eigenvalue weighted by molar-refractivity contribution is 9.10. The number of methoxy groups -OCH3 is 1. The number of rotatable bonds is 7. The van der Waals surface area contributed by atoms with E-state index in [-0.39, 0.29) is 40.2 Å². The van der Waals surface area contributed by atoms with Crippen molar-refractivity contribution in [2.75, 3.05) is 17.4 Å². The summed E-state index contributed by atoms with van der Waals surface area (Å²) in [6, 6.07) is 15.0. The Labute approximate surface area is 344 Å². The first kappa shape index (κ1) is 39.3. The molecule has 13 nitrogen and oxygen atoms in total. The number of anilines is 2. The number of nitrogens with zero attached hydrogens (tertiary/aromatic N) is 4. The number of hydrogen-bond acceptors (Lipinski definition) is 10. The van der Waals surface area contributed by atoms with Gasteiger partial charge in [-0.15, -0.1) is 0 Å². The number of aromatic hydroxyl groups is 1. The number of amides is 4. The number of pyridine rings is 1. The highest BCUT2D eigenvalue weighted by atomic mass is 79.9. The van der Waals surface area contributed by atoms with Crippen LogP contribution in [-0.4, -0.2) is 50.8 Å². The molecular formula is C39H27BrCl2F3N5O8. The Balaban J connectivity index is 1.33. The maximum absolute atomic E-state index is 15.4. The molecule has 0 bridgehead atoms. The number of non-ortho nitro benzene ring substituents is 1. The molecule has 4 aliphatic rings. The number of hydrazine groups is 1. The van der Waals surface area contributed by atoms with Crippen LogP contribution in [0.1, 0.15) is 35.4 Å². The lowest BCUT2D eigenvalue weighted by atomic mass is 9.49. The highest BCUT2D eigenvalue weighted by Gasteiger charge is 2.70. The fraction of sp³-hybridized carbons (Fsp3) is 0.256. The van der Waals surface area contributed by atoms with E-state index in [1.54, 1.807) is 24.3 Å². The van der Waals surface area contributed by atoms with Crippen molar-refractivity contribution in [2.24, 2.45) is 23.7 Å². The van der Waals surface area contributed by atoms with E-state index >= 15 is 4.79 Å². The van der Waals surface area contributed by atoms with Crippen molar-refractivity contribution in [3.05, 3.63) is 126 Å². The number of ether oxygens (including phenoxy) is 1. The second-order valence-electron chi connectivity index (χ2n) is 14.3. The Morgan fingerprint density at radius 1 is 1.02 bits per heavy atom. The van der Waals surface area contributed by atoms with Crippen molar-refractivity contribution in [2.45, 2.75) is 30.4 Å². The number of aromatic nitrogens is 1. The Morgan fingerprint density at radius 2 is 1.74 bits per heavy atom. The smallest absolute Gasteiger partial charge is 0.417 e. The van der Waals surface area contributed by atoms with Crippen LogP contribution in [0.5, 0.6) is 11.5 Å². The summed E-state index contributed by atoms with van der Waals surface area (Å²) < 4.78 is 46.2. The average molecular weight is 901 g/mol. The quantitative estimate of drug-likeness (QED) is 0.0802. The molecule has 8 rings (SSSR count). The molecule has 58 heavy (non-hydrogen) atoms. The van der Waals surface area contributed by atoms with Gasteiger partial charge in [-0.05, 0) is 82.2 Å². The zero-order chi connectivity index (χ0) is 41.6. The van der Waals surface area contributed by atoms with Gasteiger partial charge >= 0.3 is 6.18 Å². The van der Waals surface area contributed by atoms with E-state index in [1.807, 2.05) is 0 Å². The van der Waals surface area contributed by atoms with Gasteiger partial charge in [0.1, 0.15) is 0 Å². The molecule has 0 unspecified atom stereocenters. The van der Waals surface area contributed by atoms with Crippen LogP contribution in [0.2, 0.25) is 10.0 Å². The number of benzene rings is 3. The third-order valence-electron chi connectivity index (χ3n) is 11.5. The van der Waals surface area contributed by atoms with Gasteiger partial charge in [-0.25, -0.2) is 9.88 Å². The minimum absolute atomic E-state index is 0.0000444. The summed E-state index contributed by atoms with van der Waals surface area (Å²) in [5.41, 5.74) is 0.405. The first-order valence-electron chi connectivity index (χ1n) is 17.5. The number of nitrogens with one attached hydrogen (secondary N) is 1. The summed E-state index contributed by atoms with van der Waals surface area (Å²) in [5.74, 6) is -8.89. The summed E-state index contributed by atoms with van der Waals surface area (Å²) in [6.07, 6.45) is -2.67. The van der Waals surface area contributed by atoms with Crippen LogP contribution < -0.4 is 15.1 Å². The number of alkyl halides is 3. The van der Waals surface area contributed by atoms with E-state index in [9.17, 15) is 42.8 Å². The first-order chi connectivity index (χ1) is 27.5. The van der Waals surface area contributed by atoms with Gasteiger partial charge in [-0.2, -0.15) is 18.2 Å². The van der Waals surface area contributed by atoms with E-state index < -0.39 is 86.1 Å². The van der Waals surface area contributed by atoms with Gasteiger partial charge in [0.15, 0.2) is 17.3 Å². The van der Waals surface area contributed by atoms with E-state index in [0.29, 0.717) is 39.0 Å². The number of imide groups is 2. The van der Waals surface area contributed by atoms with Gasteiger partial charge in [0, 0.05) is 29.3 Å². The van der Waals surface area contributed by atoms with Crippen molar-refractivity contribution in [1.82, 2.24) is 9.99 Å². The SMILES string of the molecule is COc1cc([C@H]2C3=CC[C@@H]4C(=O)N(c5cccc([N+](=O)[O-])c5)C(=O)[C@@H]4[C@@H]3C[C@H]3C(=O)N(Nc4ncc(C(F)(F)F)cc4Cl)C(=O)[C@@]23c2ccc(Cl)cc2)cc(Br)c1O. The summed E-state index contributed by atoms with van der Waals surface area (Å²) >= 11 is 16.0. The Hall–Kier alpha value is -5.52. The molecule has 2 aliphatic carbocycles. The number of carbonyl (C=O) groups is 4. The van der Waals surface area contributed by atoms with E-state index in [2.05, 4.69) is 26.3 Å². The maximum atomic E-state index is 15.4. The first-order valence-corrected chi connectivity index (χ1v) is 19.1. The molecule has 2 saturated heterocycles. The van der Waals surface area contributed by atoms with Gasteiger partial charge in [0.25, 0.3) is 17.5 Å². The lowest BCUT2D eigenvalue weighted by Crippen LogP contribution is -2.53. The minimum Gasteiger partial charge on any atom is -0.503 e. The molecule has 4 aromatic rings. The van der Waals surface area contributed by atoms with Crippen molar-refractivity contribution < 1.29 is 47.1 Å². The van der Waals surface area contributed by atoms with Crippen LogP contribution in [0.25, 0.3) is 0 Å². The number of halogens is 6. The van der Waals surface area contributed by atoms with Crippen LogP contribution in [0.15, 0.2) is 89.0 Å². The largest absolute Gasteiger partial charge is 0.503 e. The molecule has 3 fully saturated rings. The molecule has 0 radical (unpaired) electrons. The number of carbonyl (C=O) groups excluding carboxylic acids is 4. The third kappa shape index (κ3) is 5.92. The van der Waals surface area contributed by atoms with Crippen LogP contribution in [0.3, 0.4) is 0 Å². The fourth-order valence-electron chi connectivity index (χ4n) is 9.07. The van der Waals surface area contributed by atoms with Gasteiger partial charge in [-0.3, -0.25) is 34.7 Å². The molecule has 1 saturated carbocycles. The second kappa shape index (κ2) is 14.1. The van der Waals surface area contributed by atoms with Crippen LogP contribution in [-0.2, 0) is 30.8 Å². The number of phenolic OH excluding ortho intramolecular Hbond substituents is 1. The topological polar surface area (TPSA) is 172 Å². The summed E-state index contributed by atoms with van der Waals surface area (Å²) in [6.45, 7) is 0. The highest BCUT2D eigenvalue weighted by Crippen LogP contribution is 2.65. The summed E-state index contributed by atoms with van der Waals surface area (Å²) in [7, 11) is 1.32. The molecule has 298 valence electrons. The molecule has 6 atom stereocenters. The predicted octanol–water partition coefficient (Wildman–Crippen LogP) is 7.98. The zero-order valence-corrected chi connectivity index (χ0v) is 32.8. The molecule has 1 aromatic heterocycles. The Kier molecular flexibility index (Phi) is 9.55. The second-order valence-corrected chi connectivity index (χ2v) is 16.0. The molecule has 19 heteroatoms. The molecule has 3 heterocycles. The average Bonchev–Trinajstić information content (AvgIpc) is 3.57. The molecule has 4 amide bonds. The number of phenols is 1. The monoisotopic (exact) mass is 899 g/mol. The van der Waals surface area contributed by atoms with Crippen LogP contribution in [0.4, 0.5) is 30.4 Å². The number of hydrogen-bond donors (Lipinski definition) is 2. The lowest BCUT2D eigenvalue weighted by molar-refractivity contribution is -0.384. The summed E-state index contributed by atoms with van der Waals surface area (Å²) in [4.78, 5) is 74.6. The standard InChI is InChI=1S/C39H27BrCl2F3N5O8/c1-58-29-12-17(11-27(40)32(29)51)31-23-9-10-24-30(36(54)48(34(24)52)21-3-2-4-22(14-21)50(56)57)25(23)15-26-35(53)49(37(55)38(26,31)18-5-7-20(41)8-6-18)47-33-28(42)13-19(16-46-33)39(43,44)45/h2-9,11-14,16,24-26,30-31,51H,10,15H2,1H3,(H,46,47)/t24-,25+,26-,30-,31-,38+/m0/s1. The number of nitro groups is 1.